The highest BCUT2D eigenvalue weighted by Crippen LogP contribution is 2.41. The van der Waals surface area contributed by atoms with Gasteiger partial charge >= 0.3 is 5.97 Å². The third-order valence-electron chi connectivity index (χ3n) is 3.36. The lowest BCUT2D eigenvalue weighted by Crippen LogP contribution is -2.70. The van der Waals surface area contributed by atoms with Gasteiger partial charge in [0.05, 0.1) is 11.5 Å². The van der Waals surface area contributed by atoms with Gasteiger partial charge in [-0.2, -0.15) is 0 Å². The Balaban J connectivity index is 1.68. The molecule has 0 unspecified atom stereocenters. The number of carbonyl (C=O) groups is 3. The zero-order chi connectivity index (χ0) is 15.9. The van der Waals surface area contributed by atoms with E-state index in [-0.39, 0.29) is 23.1 Å². The van der Waals surface area contributed by atoms with E-state index in [1.807, 2.05) is 17.5 Å². The molecule has 2 aliphatic rings. The van der Waals surface area contributed by atoms with E-state index < -0.39 is 23.3 Å². The minimum absolute atomic E-state index is 0.144. The molecular formula is C13H11ClN2O4S2. The van der Waals surface area contributed by atoms with Gasteiger partial charge in [0.2, 0.25) is 5.91 Å². The van der Waals surface area contributed by atoms with Crippen LogP contribution in [0.5, 0.6) is 0 Å². The van der Waals surface area contributed by atoms with Crippen molar-refractivity contribution in [2.75, 3.05) is 5.75 Å². The molecule has 1 saturated heterocycles. The number of nitrogens with one attached hydrogen (secondary N) is 1. The van der Waals surface area contributed by atoms with Crippen molar-refractivity contribution in [3.8, 4) is 0 Å². The molecule has 2 atom stereocenters. The summed E-state index contributed by atoms with van der Waals surface area (Å²) in [5, 5.41) is 13.4. The van der Waals surface area contributed by atoms with Crippen LogP contribution in [0.4, 0.5) is 0 Å². The number of fused-ring (bicyclic) bond motifs is 1. The summed E-state index contributed by atoms with van der Waals surface area (Å²) < 4.78 is 0. The molecule has 2 N–H and O–H groups in total. The third-order valence-corrected chi connectivity index (χ3v) is 5.98. The highest BCUT2D eigenvalue weighted by molar-refractivity contribution is 8.00. The van der Waals surface area contributed by atoms with Crippen LogP contribution >= 0.6 is 34.7 Å². The first-order valence-electron chi connectivity index (χ1n) is 6.37. The van der Waals surface area contributed by atoms with Crippen LogP contribution in [0.1, 0.15) is 4.88 Å². The molecule has 0 aliphatic carbocycles. The predicted octanol–water partition coefficient (Wildman–Crippen LogP) is 1.23. The molecule has 116 valence electrons. The average Bonchev–Trinajstić information content (AvgIpc) is 2.97. The number of thiophene rings is 1. The maximum absolute atomic E-state index is 12.1. The van der Waals surface area contributed by atoms with Crippen LogP contribution in [0, 0.1) is 0 Å². The van der Waals surface area contributed by atoms with E-state index in [1.54, 1.807) is 0 Å². The van der Waals surface area contributed by atoms with Crippen molar-refractivity contribution in [1.82, 2.24) is 10.2 Å². The number of hydrogen-bond donors (Lipinski definition) is 2. The molecule has 2 aliphatic heterocycles. The second-order valence-corrected chi connectivity index (χ2v) is 7.36. The second-order valence-electron chi connectivity index (χ2n) is 4.77. The number of carbonyl (C=O) groups excluding carboxylic acids is 2. The minimum atomic E-state index is -1.23. The van der Waals surface area contributed by atoms with Gasteiger partial charge in [-0.1, -0.05) is 17.7 Å². The number of rotatable bonds is 4. The van der Waals surface area contributed by atoms with E-state index in [0.717, 1.165) is 9.78 Å². The number of aliphatic carboxylic acids is 1. The number of nitrogens with zero attached hydrogens (tertiary/aromatic N) is 1. The standard InChI is InChI=1S/C13H11ClN2O4S2/c14-7-5-22-12-9(11(18)16(12)10(7)13(19)20)15-8(17)4-6-2-1-3-21-6/h1-3,9,12H,4-5H2,(H,15,17)(H,19,20)/t9-,12-/m1/s1. The van der Waals surface area contributed by atoms with Crippen molar-refractivity contribution in [3.05, 3.63) is 33.1 Å². The molecule has 22 heavy (non-hydrogen) atoms. The third kappa shape index (κ3) is 2.62. The van der Waals surface area contributed by atoms with Gasteiger partial charge in [0.1, 0.15) is 17.1 Å². The zero-order valence-electron chi connectivity index (χ0n) is 11.1. The fraction of sp³-hybridized carbons (Fsp3) is 0.308. The Hall–Kier alpha value is -1.51. The molecule has 3 heterocycles. The number of carboxylic acid groups (broad SMARTS) is 1. The van der Waals surface area contributed by atoms with Gasteiger partial charge in [0.15, 0.2) is 0 Å². The Morgan fingerprint density at radius 1 is 1.50 bits per heavy atom. The van der Waals surface area contributed by atoms with Crippen LogP contribution < -0.4 is 5.32 Å². The number of carboxylic acids is 1. The Kier molecular flexibility index (Phi) is 4.16. The summed E-state index contributed by atoms with van der Waals surface area (Å²) in [5.41, 5.74) is -0.181. The molecule has 6 nitrogen and oxygen atoms in total. The predicted molar refractivity (Wildman–Crippen MR) is 83.6 cm³/mol. The maximum atomic E-state index is 12.1. The summed E-state index contributed by atoms with van der Waals surface area (Å²) in [5.74, 6) is -1.60. The van der Waals surface area contributed by atoms with E-state index >= 15 is 0 Å². The number of hydrogen-bond acceptors (Lipinski definition) is 5. The highest BCUT2D eigenvalue weighted by Gasteiger charge is 2.54. The van der Waals surface area contributed by atoms with Gasteiger partial charge < -0.3 is 10.4 Å². The SMILES string of the molecule is O=C(Cc1cccs1)N[C@@H]1C(=O)N2C(C(=O)O)=C(Cl)CS[C@H]12. The quantitative estimate of drug-likeness (QED) is 0.790. The fourth-order valence-corrected chi connectivity index (χ4v) is 4.63. The van der Waals surface area contributed by atoms with Gasteiger partial charge in [-0.05, 0) is 11.4 Å². The van der Waals surface area contributed by atoms with E-state index in [2.05, 4.69) is 5.32 Å². The van der Waals surface area contributed by atoms with Crippen LogP contribution in [0.2, 0.25) is 0 Å². The van der Waals surface area contributed by atoms with Crippen molar-refractivity contribution in [2.24, 2.45) is 0 Å². The lowest BCUT2D eigenvalue weighted by atomic mass is 10.0. The zero-order valence-corrected chi connectivity index (χ0v) is 13.5. The molecule has 0 radical (unpaired) electrons. The second kappa shape index (κ2) is 5.94. The molecule has 0 aromatic carbocycles. The van der Waals surface area contributed by atoms with Crippen LogP contribution in [0.25, 0.3) is 0 Å². The normalized spacial score (nSPS) is 23.9. The van der Waals surface area contributed by atoms with Gasteiger partial charge in [-0.15, -0.1) is 23.1 Å². The summed E-state index contributed by atoms with van der Waals surface area (Å²) in [6.45, 7) is 0. The Morgan fingerprint density at radius 3 is 2.91 bits per heavy atom. The van der Waals surface area contributed by atoms with E-state index in [0.29, 0.717) is 5.75 Å². The van der Waals surface area contributed by atoms with Crippen molar-refractivity contribution in [3.63, 3.8) is 0 Å². The molecule has 1 aromatic heterocycles. The molecule has 3 rings (SSSR count). The molecule has 0 saturated carbocycles. The number of thioether (sulfide) groups is 1. The first kappa shape index (κ1) is 15.4. The average molecular weight is 359 g/mol. The Morgan fingerprint density at radius 2 is 2.27 bits per heavy atom. The van der Waals surface area contributed by atoms with Crippen LogP contribution in [-0.4, -0.2) is 45.0 Å². The van der Waals surface area contributed by atoms with Crippen LogP contribution in [0.3, 0.4) is 0 Å². The summed E-state index contributed by atoms with van der Waals surface area (Å²) in [6.07, 6.45) is 0.210. The van der Waals surface area contributed by atoms with Crippen molar-refractivity contribution >= 4 is 52.5 Å². The van der Waals surface area contributed by atoms with Crippen molar-refractivity contribution < 1.29 is 19.5 Å². The molecule has 0 bridgehead atoms. The summed E-state index contributed by atoms with van der Waals surface area (Å²) >= 11 is 8.70. The lowest BCUT2D eigenvalue weighted by Gasteiger charge is -2.48. The number of β-lactam (4-membered cyclic amide) rings is 1. The molecule has 1 aromatic rings. The Bertz CT molecular complexity index is 674. The van der Waals surface area contributed by atoms with Crippen LogP contribution in [-0.2, 0) is 20.8 Å². The molecular weight excluding hydrogens is 348 g/mol. The van der Waals surface area contributed by atoms with E-state index in [1.165, 1.54) is 23.1 Å². The van der Waals surface area contributed by atoms with Crippen molar-refractivity contribution in [1.29, 1.82) is 0 Å². The minimum Gasteiger partial charge on any atom is -0.477 e. The molecule has 2 amide bonds. The Labute approximate surface area is 139 Å². The van der Waals surface area contributed by atoms with Crippen LogP contribution in [0.15, 0.2) is 28.2 Å². The van der Waals surface area contributed by atoms with E-state index in [4.69, 9.17) is 16.7 Å². The first-order chi connectivity index (χ1) is 10.5. The topological polar surface area (TPSA) is 86.7 Å². The summed E-state index contributed by atoms with van der Waals surface area (Å²) in [7, 11) is 0. The fourth-order valence-electron chi connectivity index (χ4n) is 2.38. The van der Waals surface area contributed by atoms with Gasteiger partial charge in [-0.25, -0.2) is 4.79 Å². The molecule has 1 fully saturated rings. The largest absolute Gasteiger partial charge is 0.477 e. The first-order valence-corrected chi connectivity index (χ1v) is 8.68. The van der Waals surface area contributed by atoms with E-state index in [9.17, 15) is 14.4 Å². The smallest absolute Gasteiger partial charge is 0.353 e. The molecule has 9 heteroatoms. The number of amides is 2. The maximum Gasteiger partial charge on any atom is 0.353 e. The highest BCUT2D eigenvalue weighted by atomic mass is 35.5. The summed E-state index contributed by atoms with van der Waals surface area (Å²) in [6, 6.07) is 3.00. The summed E-state index contributed by atoms with van der Waals surface area (Å²) in [4.78, 5) is 37.4. The molecule has 0 spiro atoms. The van der Waals surface area contributed by atoms with Crippen molar-refractivity contribution in [2.45, 2.75) is 17.8 Å². The van der Waals surface area contributed by atoms with Gasteiger partial charge in [-0.3, -0.25) is 14.5 Å². The van der Waals surface area contributed by atoms with Gasteiger partial charge in [0, 0.05) is 10.6 Å². The lowest BCUT2D eigenvalue weighted by molar-refractivity contribution is -0.150. The monoisotopic (exact) mass is 358 g/mol. The number of halogens is 1. The van der Waals surface area contributed by atoms with Gasteiger partial charge in [0.25, 0.3) is 5.91 Å².